The van der Waals surface area contributed by atoms with Gasteiger partial charge in [-0.1, -0.05) is 27.7 Å². The molecule has 3 rings (SSSR count). The number of nitrogens with one attached hydrogen (secondary N) is 3. The molecule has 2 amide bonds. The van der Waals surface area contributed by atoms with E-state index in [1.165, 1.54) is 0 Å². The number of Topliss-reactive ketones (excluding diaryl/α,β-unsaturated/α-hetero) is 1. The fourth-order valence-corrected chi connectivity index (χ4v) is 4.07. The Labute approximate surface area is 184 Å². The Morgan fingerprint density at radius 2 is 2.00 bits per heavy atom. The highest BCUT2D eigenvalue weighted by atomic mass is 16.5. The van der Waals surface area contributed by atoms with Crippen LogP contribution in [0.4, 0.5) is 0 Å². The minimum atomic E-state index is -0.749. The molecule has 2 aliphatic rings. The van der Waals surface area contributed by atoms with E-state index in [0.29, 0.717) is 24.4 Å². The summed E-state index contributed by atoms with van der Waals surface area (Å²) in [6.07, 6.45) is 5.67. The van der Waals surface area contributed by atoms with Crippen LogP contribution in [0.15, 0.2) is 18.5 Å². The summed E-state index contributed by atoms with van der Waals surface area (Å²) in [7, 11) is 0. The zero-order valence-electron chi connectivity index (χ0n) is 19.1. The van der Waals surface area contributed by atoms with Crippen molar-refractivity contribution < 1.29 is 19.1 Å². The van der Waals surface area contributed by atoms with Gasteiger partial charge >= 0.3 is 0 Å². The maximum Gasteiger partial charge on any atom is 0.253 e. The van der Waals surface area contributed by atoms with Crippen molar-refractivity contribution in [1.29, 1.82) is 0 Å². The van der Waals surface area contributed by atoms with Crippen LogP contribution in [0.5, 0.6) is 0 Å². The number of H-pyrrole nitrogens is 1. The molecule has 2 saturated heterocycles. The maximum atomic E-state index is 13.3. The monoisotopic (exact) mass is 432 g/mol. The van der Waals surface area contributed by atoms with Crippen molar-refractivity contribution in [2.24, 2.45) is 11.3 Å². The Morgan fingerprint density at radius 3 is 2.61 bits per heavy atom. The first-order valence-electron chi connectivity index (χ1n) is 11.3. The lowest BCUT2D eigenvalue weighted by Gasteiger charge is -2.34. The molecule has 0 bridgehead atoms. The summed E-state index contributed by atoms with van der Waals surface area (Å²) in [5, 5.41) is 5.78. The number of ketones is 1. The van der Waals surface area contributed by atoms with Crippen molar-refractivity contribution in [2.75, 3.05) is 26.2 Å². The molecule has 0 radical (unpaired) electrons. The fraction of sp³-hybridized carbons (Fsp3) is 0.696. The first kappa shape index (κ1) is 23.5. The van der Waals surface area contributed by atoms with E-state index < -0.39 is 12.1 Å². The summed E-state index contributed by atoms with van der Waals surface area (Å²) in [5.41, 5.74) is 0.283. The van der Waals surface area contributed by atoms with Crippen LogP contribution in [-0.4, -0.2) is 71.9 Å². The quantitative estimate of drug-likeness (QED) is 0.551. The van der Waals surface area contributed by atoms with Crippen LogP contribution < -0.4 is 10.6 Å². The van der Waals surface area contributed by atoms with Crippen LogP contribution in [0.3, 0.4) is 0 Å². The number of hydrogen-bond acceptors (Lipinski definition) is 5. The Bertz CT molecular complexity index is 769. The average Bonchev–Trinajstić information content (AvgIpc) is 3.46. The lowest BCUT2D eigenvalue weighted by atomic mass is 9.76. The summed E-state index contributed by atoms with van der Waals surface area (Å²) in [5.74, 6) is -0.459. The second kappa shape index (κ2) is 9.96. The van der Waals surface area contributed by atoms with Crippen LogP contribution in [0.1, 0.15) is 57.3 Å². The Kier molecular flexibility index (Phi) is 7.54. The van der Waals surface area contributed by atoms with E-state index in [-0.39, 0.29) is 35.7 Å². The smallest absolute Gasteiger partial charge is 0.253 e. The van der Waals surface area contributed by atoms with Crippen molar-refractivity contribution in [2.45, 2.75) is 65.1 Å². The molecule has 0 aliphatic carbocycles. The van der Waals surface area contributed by atoms with Gasteiger partial charge in [0.2, 0.25) is 5.91 Å². The van der Waals surface area contributed by atoms with E-state index in [0.717, 1.165) is 25.9 Å². The molecule has 3 atom stereocenters. The lowest BCUT2D eigenvalue weighted by Crippen LogP contribution is -2.55. The van der Waals surface area contributed by atoms with Gasteiger partial charge in [-0.15, -0.1) is 0 Å². The highest BCUT2D eigenvalue weighted by Crippen LogP contribution is 2.31. The molecular weight excluding hydrogens is 396 g/mol. The Balaban J connectivity index is 1.71. The number of likely N-dealkylation sites (tertiary alicyclic amines) is 1. The van der Waals surface area contributed by atoms with Crippen LogP contribution in [-0.2, 0) is 14.3 Å². The van der Waals surface area contributed by atoms with E-state index in [1.54, 1.807) is 18.5 Å². The standard InChI is InChI=1S/C23H36N4O4/c1-15(2)23(3,4)11-17(25-21(29)16-7-8-24-12-16)22(30)26-20-18(28)14-31-19(20)13-27-9-5-6-10-27/h7-8,12,15,17,19-20,24H,5-6,9-11,13-14H2,1-4H3,(H,25,29)(H,26,30). The van der Waals surface area contributed by atoms with Crippen molar-refractivity contribution >= 4 is 17.6 Å². The maximum absolute atomic E-state index is 13.3. The number of aromatic nitrogens is 1. The highest BCUT2D eigenvalue weighted by Gasteiger charge is 2.40. The molecule has 31 heavy (non-hydrogen) atoms. The summed E-state index contributed by atoms with van der Waals surface area (Å²) in [6, 6.07) is 0.237. The first-order valence-corrected chi connectivity index (χ1v) is 11.3. The van der Waals surface area contributed by atoms with Gasteiger partial charge in [-0.25, -0.2) is 0 Å². The van der Waals surface area contributed by atoms with Crippen LogP contribution in [0.2, 0.25) is 0 Å². The largest absolute Gasteiger partial charge is 0.367 e. The van der Waals surface area contributed by atoms with Gasteiger partial charge in [-0.3, -0.25) is 14.4 Å². The van der Waals surface area contributed by atoms with Crippen molar-refractivity contribution in [3.8, 4) is 0 Å². The number of hydrogen-bond donors (Lipinski definition) is 3. The number of ether oxygens (including phenoxy) is 1. The van der Waals surface area contributed by atoms with Gasteiger partial charge in [0.05, 0.1) is 11.7 Å². The van der Waals surface area contributed by atoms with Gasteiger partial charge < -0.3 is 25.3 Å². The number of carbonyl (C=O) groups is 3. The van der Waals surface area contributed by atoms with Crippen molar-refractivity contribution in [3.63, 3.8) is 0 Å². The van der Waals surface area contributed by atoms with Gasteiger partial charge in [-0.05, 0) is 49.8 Å². The van der Waals surface area contributed by atoms with E-state index in [9.17, 15) is 14.4 Å². The number of nitrogens with zero attached hydrogens (tertiary/aromatic N) is 1. The van der Waals surface area contributed by atoms with E-state index in [2.05, 4.69) is 48.2 Å². The predicted molar refractivity (Wildman–Crippen MR) is 118 cm³/mol. The molecule has 2 fully saturated rings. The van der Waals surface area contributed by atoms with Crippen molar-refractivity contribution in [3.05, 3.63) is 24.0 Å². The number of amides is 2. The Hall–Kier alpha value is -2.19. The minimum absolute atomic E-state index is 0.0152. The lowest BCUT2D eigenvalue weighted by molar-refractivity contribution is -0.128. The summed E-state index contributed by atoms with van der Waals surface area (Å²) in [4.78, 5) is 43.5. The first-order chi connectivity index (χ1) is 14.7. The number of rotatable bonds is 9. The Morgan fingerprint density at radius 1 is 1.29 bits per heavy atom. The molecule has 0 saturated carbocycles. The molecule has 0 spiro atoms. The predicted octanol–water partition coefficient (Wildman–Crippen LogP) is 1.73. The molecule has 0 aromatic carbocycles. The second-order valence-electron chi connectivity index (χ2n) is 9.78. The van der Waals surface area contributed by atoms with E-state index in [4.69, 9.17) is 4.74 Å². The van der Waals surface area contributed by atoms with E-state index in [1.807, 2.05) is 0 Å². The van der Waals surface area contributed by atoms with Gasteiger partial charge in [0.15, 0.2) is 5.78 Å². The van der Waals surface area contributed by atoms with Gasteiger partial charge in [0.1, 0.15) is 18.7 Å². The molecule has 8 heteroatoms. The fourth-order valence-electron chi connectivity index (χ4n) is 4.07. The molecule has 3 unspecified atom stereocenters. The average molecular weight is 433 g/mol. The summed E-state index contributed by atoms with van der Waals surface area (Å²) in [6.45, 7) is 11.0. The molecule has 172 valence electrons. The van der Waals surface area contributed by atoms with Crippen LogP contribution in [0.25, 0.3) is 0 Å². The molecule has 2 aliphatic heterocycles. The number of carbonyl (C=O) groups excluding carboxylic acids is 3. The van der Waals surface area contributed by atoms with Crippen LogP contribution in [0, 0.1) is 11.3 Å². The second-order valence-corrected chi connectivity index (χ2v) is 9.78. The normalized spacial score (nSPS) is 23.3. The van der Waals surface area contributed by atoms with Crippen molar-refractivity contribution in [1.82, 2.24) is 20.5 Å². The van der Waals surface area contributed by atoms with Gasteiger partial charge in [-0.2, -0.15) is 0 Å². The highest BCUT2D eigenvalue weighted by molar-refractivity contribution is 5.98. The van der Waals surface area contributed by atoms with Gasteiger partial charge in [0, 0.05) is 18.9 Å². The zero-order chi connectivity index (χ0) is 22.6. The minimum Gasteiger partial charge on any atom is -0.367 e. The number of aromatic amines is 1. The molecule has 8 nitrogen and oxygen atoms in total. The third kappa shape index (κ3) is 5.95. The topological polar surface area (TPSA) is 104 Å². The third-order valence-electron chi connectivity index (χ3n) is 6.87. The summed E-state index contributed by atoms with van der Waals surface area (Å²) < 4.78 is 5.70. The third-order valence-corrected chi connectivity index (χ3v) is 6.87. The SMILES string of the molecule is CC(C)C(C)(C)CC(NC(=O)c1cc[nH]c1)C(=O)NC1C(=O)COC1CN1CCCC1. The van der Waals surface area contributed by atoms with E-state index >= 15 is 0 Å². The molecular formula is C23H36N4O4. The molecule has 1 aromatic rings. The van der Waals surface area contributed by atoms with Gasteiger partial charge in [0.25, 0.3) is 5.91 Å². The van der Waals surface area contributed by atoms with Crippen LogP contribution >= 0.6 is 0 Å². The summed E-state index contributed by atoms with van der Waals surface area (Å²) >= 11 is 0. The zero-order valence-corrected chi connectivity index (χ0v) is 19.1. The molecule has 3 N–H and O–H groups in total. The molecule has 3 heterocycles. The molecule has 1 aromatic heterocycles.